The minimum Gasteiger partial charge on any atom is -0.447 e. The Labute approximate surface area is 74.5 Å². The Balaban J connectivity index is 2.36. The lowest BCUT2D eigenvalue weighted by atomic mass is 10.5. The number of aryl methyl sites for hydroxylation is 1. The van der Waals surface area contributed by atoms with Crippen molar-refractivity contribution in [3.63, 3.8) is 0 Å². The molecule has 0 saturated heterocycles. The van der Waals surface area contributed by atoms with Gasteiger partial charge in [-0.25, -0.2) is 4.79 Å². The number of aliphatic hydroxyl groups excluding tert-OH is 1. The Morgan fingerprint density at radius 1 is 1.85 bits per heavy atom. The summed E-state index contributed by atoms with van der Waals surface area (Å²) in [5.41, 5.74) is 0. The molecule has 0 aliphatic carbocycles. The second kappa shape index (κ2) is 4.46. The predicted molar refractivity (Wildman–Crippen MR) is 43.3 cm³/mol. The summed E-state index contributed by atoms with van der Waals surface area (Å²) in [6.45, 7) is 1.46. The molecule has 0 saturated carbocycles. The first-order valence-corrected chi connectivity index (χ1v) is 3.70. The number of anilines is 1. The third-order valence-corrected chi connectivity index (χ3v) is 1.18. The van der Waals surface area contributed by atoms with Gasteiger partial charge in [0.15, 0.2) is 5.82 Å². The zero-order chi connectivity index (χ0) is 9.68. The number of aliphatic hydroxyl groups is 1. The molecule has 0 atom stereocenters. The molecule has 1 aromatic rings. The minimum atomic E-state index is -0.664. The Morgan fingerprint density at radius 2 is 2.62 bits per heavy atom. The van der Waals surface area contributed by atoms with Gasteiger partial charge in [0.25, 0.3) is 0 Å². The van der Waals surface area contributed by atoms with E-state index in [-0.39, 0.29) is 13.2 Å². The Kier molecular flexibility index (Phi) is 3.27. The zero-order valence-electron chi connectivity index (χ0n) is 7.11. The van der Waals surface area contributed by atoms with Crippen LogP contribution < -0.4 is 5.32 Å². The van der Waals surface area contributed by atoms with Crippen LogP contribution in [0.4, 0.5) is 10.6 Å². The average Bonchev–Trinajstić information content (AvgIpc) is 2.48. The second-order valence-electron chi connectivity index (χ2n) is 2.31. The summed E-state index contributed by atoms with van der Waals surface area (Å²) in [5, 5.41) is 14.2. The number of hydrogen-bond acceptors (Lipinski definition) is 5. The van der Waals surface area contributed by atoms with E-state index in [0.717, 1.165) is 0 Å². The molecule has 1 rings (SSSR count). The van der Waals surface area contributed by atoms with Gasteiger partial charge in [-0.1, -0.05) is 5.16 Å². The van der Waals surface area contributed by atoms with Gasteiger partial charge in [0.05, 0.1) is 6.61 Å². The van der Waals surface area contributed by atoms with Gasteiger partial charge >= 0.3 is 6.09 Å². The minimum absolute atomic E-state index is 0.0390. The van der Waals surface area contributed by atoms with Crippen molar-refractivity contribution >= 4 is 11.9 Å². The molecule has 6 nitrogen and oxygen atoms in total. The average molecular weight is 186 g/mol. The Hall–Kier alpha value is -1.56. The predicted octanol–water partition coefficient (Wildman–Crippen LogP) is 0.524. The van der Waals surface area contributed by atoms with Crippen molar-refractivity contribution in [1.29, 1.82) is 0 Å². The third-order valence-electron chi connectivity index (χ3n) is 1.18. The molecule has 13 heavy (non-hydrogen) atoms. The van der Waals surface area contributed by atoms with E-state index in [1.807, 2.05) is 0 Å². The molecule has 0 aliphatic heterocycles. The summed E-state index contributed by atoms with van der Waals surface area (Å²) in [4.78, 5) is 10.9. The van der Waals surface area contributed by atoms with Crippen molar-refractivity contribution in [3.8, 4) is 0 Å². The molecular formula is C7H10N2O4. The summed E-state index contributed by atoms with van der Waals surface area (Å²) in [6.07, 6.45) is -0.664. The summed E-state index contributed by atoms with van der Waals surface area (Å²) >= 11 is 0. The molecular weight excluding hydrogens is 176 g/mol. The molecule has 1 heterocycles. The maximum Gasteiger partial charge on any atom is 0.412 e. The summed E-state index contributed by atoms with van der Waals surface area (Å²) in [6, 6.07) is 1.56. The quantitative estimate of drug-likeness (QED) is 0.719. The smallest absolute Gasteiger partial charge is 0.412 e. The van der Waals surface area contributed by atoms with E-state index < -0.39 is 6.09 Å². The number of nitrogens with zero attached hydrogens (tertiary/aromatic N) is 1. The van der Waals surface area contributed by atoms with Crippen LogP contribution in [0.3, 0.4) is 0 Å². The lowest BCUT2D eigenvalue weighted by Gasteiger charge is -2.00. The third kappa shape index (κ3) is 3.12. The summed E-state index contributed by atoms with van der Waals surface area (Å²) < 4.78 is 9.22. The Bertz CT molecular complexity index is 284. The van der Waals surface area contributed by atoms with Crippen LogP contribution in [0.1, 0.15) is 5.76 Å². The van der Waals surface area contributed by atoms with E-state index in [0.29, 0.717) is 11.6 Å². The van der Waals surface area contributed by atoms with Gasteiger partial charge in [-0.2, -0.15) is 0 Å². The van der Waals surface area contributed by atoms with Crippen LogP contribution in [0, 0.1) is 6.92 Å². The SMILES string of the molecule is Cc1cc(NC(=O)OCCO)no1. The number of ether oxygens (including phenoxy) is 1. The number of aromatic nitrogens is 1. The molecule has 0 aromatic carbocycles. The monoisotopic (exact) mass is 186 g/mol. The van der Waals surface area contributed by atoms with E-state index in [9.17, 15) is 4.79 Å². The molecule has 1 aromatic heterocycles. The lowest BCUT2D eigenvalue weighted by molar-refractivity contribution is 0.131. The lowest BCUT2D eigenvalue weighted by Crippen LogP contribution is -2.15. The fourth-order valence-electron chi connectivity index (χ4n) is 0.704. The molecule has 0 unspecified atom stereocenters. The fourth-order valence-corrected chi connectivity index (χ4v) is 0.704. The molecule has 6 heteroatoms. The maximum atomic E-state index is 10.9. The van der Waals surface area contributed by atoms with Gasteiger partial charge in [-0.05, 0) is 6.92 Å². The van der Waals surface area contributed by atoms with E-state index in [1.165, 1.54) is 0 Å². The highest BCUT2D eigenvalue weighted by Gasteiger charge is 2.05. The number of hydrogen-bond donors (Lipinski definition) is 2. The largest absolute Gasteiger partial charge is 0.447 e. The number of carbonyl (C=O) groups excluding carboxylic acids is 1. The second-order valence-corrected chi connectivity index (χ2v) is 2.31. The van der Waals surface area contributed by atoms with E-state index in [2.05, 4.69) is 15.2 Å². The van der Waals surface area contributed by atoms with E-state index in [1.54, 1.807) is 13.0 Å². The normalized spacial score (nSPS) is 9.69. The van der Waals surface area contributed by atoms with Gasteiger partial charge in [-0.3, -0.25) is 5.32 Å². The Morgan fingerprint density at radius 3 is 3.15 bits per heavy atom. The highest BCUT2D eigenvalue weighted by Crippen LogP contribution is 2.06. The number of carbonyl (C=O) groups is 1. The van der Waals surface area contributed by atoms with Gasteiger partial charge in [0.2, 0.25) is 0 Å². The first-order valence-electron chi connectivity index (χ1n) is 3.70. The summed E-state index contributed by atoms with van der Waals surface area (Å²) in [5.74, 6) is 0.887. The first-order chi connectivity index (χ1) is 6.22. The van der Waals surface area contributed by atoms with Crippen molar-refractivity contribution in [2.75, 3.05) is 18.5 Å². The van der Waals surface area contributed by atoms with Crippen LogP contribution in [0.25, 0.3) is 0 Å². The standard InChI is InChI=1S/C7H10N2O4/c1-5-4-6(9-13-5)8-7(11)12-3-2-10/h4,10H,2-3H2,1H3,(H,8,9,11). The molecule has 2 N–H and O–H groups in total. The van der Waals surface area contributed by atoms with Crippen LogP contribution in [0.2, 0.25) is 0 Å². The van der Waals surface area contributed by atoms with Crippen molar-refractivity contribution in [2.24, 2.45) is 0 Å². The van der Waals surface area contributed by atoms with Crippen molar-refractivity contribution in [1.82, 2.24) is 5.16 Å². The molecule has 0 radical (unpaired) electrons. The van der Waals surface area contributed by atoms with Crippen LogP contribution in [-0.4, -0.2) is 29.6 Å². The molecule has 0 aliphatic rings. The molecule has 0 spiro atoms. The van der Waals surface area contributed by atoms with Crippen molar-refractivity contribution in [2.45, 2.75) is 6.92 Å². The highest BCUT2D eigenvalue weighted by molar-refractivity contribution is 5.83. The topological polar surface area (TPSA) is 84.6 Å². The van der Waals surface area contributed by atoms with Crippen LogP contribution in [0.5, 0.6) is 0 Å². The molecule has 1 amide bonds. The van der Waals surface area contributed by atoms with Gasteiger partial charge in [0, 0.05) is 6.07 Å². The zero-order valence-corrected chi connectivity index (χ0v) is 7.11. The number of amides is 1. The van der Waals surface area contributed by atoms with E-state index in [4.69, 9.17) is 9.63 Å². The van der Waals surface area contributed by atoms with Crippen molar-refractivity contribution in [3.05, 3.63) is 11.8 Å². The maximum absolute atomic E-state index is 10.9. The first kappa shape index (κ1) is 9.53. The van der Waals surface area contributed by atoms with Crippen LogP contribution >= 0.6 is 0 Å². The fraction of sp³-hybridized carbons (Fsp3) is 0.429. The van der Waals surface area contributed by atoms with E-state index >= 15 is 0 Å². The number of nitrogens with one attached hydrogen (secondary N) is 1. The van der Waals surface area contributed by atoms with Crippen molar-refractivity contribution < 1.29 is 19.2 Å². The summed E-state index contributed by atoms with van der Waals surface area (Å²) in [7, 11) is 0. The molecule has 0 fully saturated rings. The van der Waals surface area contributed by atoms with Gasteiger partial charge in [0.1, 0.15) is 12.4 Å². The highest BCUT2D eigenvalue weighted by atomic mass is 16.6. The van der Waals surface area contributed by atoms with Gasteiger partial charge in [-0.15, -0.1) is 0 Å². The molecule has 0 bridgehead atoms. The van der Waals surface area contributed by atoms with Crippen LogP contribution in [-0.2, 0) is 4.74 Å². The van der Waals surface area contributed by atoms with Crippen LogP contribution in [0.15, 0.2) is 10.6 Å². The number of rotatable bonds is 3. The molecule has 72 valence electrons. The van der Waals surface area contributed by atoms with Gasteiger partial charge < -0.3 is 14.4 Å².